The molecule has 1 aliphatic heterocycles. The van der Waals surface area contributed by atoms with Crippen LogP contribution in [0.2, 0.25) is 0 Å². The summed E-state index contributed by atoms with van der Waals surface area (Å²) in [6, 6.07) is 1.93. The van der Waals surface area contributed by atoms with Gasteiger partial charge in [-0.05, 0) is 17.2 Å². The molecule has 21 heavy (non-hydrogen) atoms. The maximum atomic E-state index is 5.67. The topological polar surface area (TPSA) is 46.8 Å². The number of pyridine rings is 1. The maximum Gasteiger partial charge on any atom is 0.120 e. The van der Waals surface area contributed by atoms with Crippen molar-refractivity contribution in [3.63, 3.8) is 0 Å². The van der Waals surface area contributed by atoms with Crippen LogP contribution in [0.15, 0.2) is 12.3 Å². The summed E-state index contributed by atoms with van der Waals surface area (Å²) >= 11 is 0. The van der Waals surface area contributed by atoms with Crippen LogP contribution in [0.1, 0.15) is 31.2 Å². The second kappa shape index (κ2) is 4.65. The first-order valence-corrected chi connectivity index (χ1v) is 6.82. The molecular weight excluding hydrogens is 259 g/mol. The maximum absolute atomic E-state index is 5.67. The summed E-state index contributed by atoms with van der Waals surface area (Å²) in [5, 5.41) is 7.08. The zero-order valence-corrected chi connectivity index (χ0v) is 12.4. The van der Waals surface area contributed by atoms with Crippen LogP contribution in [0.4, 0.5) is 5.69 Å². The highest BCUT2D eigenvalue weighted by molar-refractivity contribution is 6.56. The highest BCUT2D eigenvalue weighted by atomic mass is 15.5. The van der Waals surface area contributed by atoms with E-state index in [-0.39, 0.29) is 0 Å². The highest BCUT2D eigenvalue weighted by Crippen LogP contribution is 2.40. The van der Waals surface area contributed by atoms with Crippen LogP contribution in [0.5, 0.6) is 0 Å². The van der Waals surface area contributed by atoms with E-state index in [2.05, 4.69) is 33.9 Å². The van der Waals surface area contributed by atoms with Gasteiger partial charge in [0.2, 0.25) is 0 Å². The Morgan fingerprint density at radius 2 is 1.95 bits per heavy atom. The molecule has 3 rings (SSSR count). The van der Waals surface area contributed by atoms with Crippen LogP contribution >= 0.6 is 0 Å². The molecule has 5 nitrogen and oxygen atoms in total. The molecule has 6 radical (unpaired) electrons. The Bertz CT molecular complexity index is 690. The fourth-order valence-corrected chi connectivity index (χ4v) is 2.61. The molecule has 0 amide bonds. The number of anilines is 1. The van der Waals surface area contributed by atoms with Gasteiger partial charge in [-0.3, -0.25) is 4.98 Å². The summed E-state index contributed by atoms with van der Waals surface area (Å²) in [6.45, 7) is 4.85. The van der Waals surface area contributed by atoms with Crippen LogP contribution < -0.4 is 4.90 Å². The normalized spacial score (nSPS) is 14.2. The van der Waals surface area contributed by atoms with Crippen molar-refractivity contribution in [1.82, 2.24) is 20.0 Å². The fraction of sp³-hybridized carbons (Fsp3) is 0.462. The molecule has 2 aromatic heterocycles. The minimum atomic E-state index is -1.61. The third-order valence-corrected chi connectivity index (χ3v) is 3.55. The van der Waals surface area contributed by atoms with E-state index in [1.165, 1.54) is 0 Å². The Labute approximate surface area is 128 Å². The molecule has 1 aliphatic rings. The van der Waals surface area contributed by atoms with Gasteiger partial charge in [0.05, 0.1) is 41.5 Å². The van der Waals surface area contributed by atoms with Crippen LogP contribution in [-0.4, -0.2) is 50.6 Å². The molecule has 3 heterocycles. The molecule has 0 atom stereocenters. The summed E-state index contributed by atoms with van der Waals surface area (Å²) in [5.74, 6) is 0.316. The summed E-state index contributed by atoms with van der Waals surface area (Å²) in [6.07, 6.45) is 1.79. The van der Waals surface area contributed by atoms with E-state index in [1.54, 1.807) is 6.20 Å². The lowest BCUT2D eigenvalue weighted by molar-refractivity contribution is 0.570. The van der Waals surface area contributed by atoms with E-state index < -0.39 is 5.24 Å². The first-order valence-electron chi connectivity index (χ1n) is 6.82. The number of fused-ring (bicyclic) bond motifs is 3. The predicted molar refractivity (Wildman–Crippen MR) is 84.7 cm³/mol. The molecule has 2 aromatic rings. The van der Waals surface area contributed by atoms with Gasteiger partial charge in [-0.15, -0.1) is 0 Å². The van der Waals surface area contributed by atoms with Crippen LogP contribution in [0, 0.1) is 0 Å². The van der Waals surface area contributed by atoms with E-state index in [0.29, 0.717) is 12.5 Å². The Hall–Kier alpha value is -1.72. The number of rotatable bonds is 2. The third kappa shape index (κ3) is 2.26. The second-order valence-corrected chi connectivity index (χ2v) is 5.78. The van der Waals surface area contributed by atoms with Gasteiger partial charge >= 0.3 is 0 Å². The number of hydrogen-bond acceptors (Lipinski definition) is 4. The molecule has 0 bridgehead atoms. The third-order valence-electron chi connectivity index (χ3n) is 3.55. The molecule has 0 saturated carbocycles. The number of aromatic nitrogens is 4. The first kappa shape index (κ1) is 14.2. The molecule has 0 saturated heterocycles. The van der Waals surface area contributed by atoms with E-state index in [0.717, 1.165) is 33.1 Å². The van der Waals surface area contributed by atoms with Gasteiger partial charge in [-0.2, -0.15) is 10.2 Å². The van der Waals surface area contributed by atoms with Crippen molar-refractivity contribution >= 4 is 29.2 Å². The molecule has 100 valence electrons. The lowest BCUT2D eigenvalue weighted by atomic mass is 9.50. The van der Waals surface area contributed by atoms with Gasteiger partial charge in [-0.25, -0.2) is 4.80 Å². The standard InChI is InChI=1S/C13H14B3N5/c1-7(2)10-12-8(4-5-17-10)11-9(6-20(12)3)18-21(19-11)13(14,15)16/h4-5,7H,6H2,1-3H3. The van der Waals surface area contributed by atoms with Gasteiger partial charge in [0.25, 0.3) is 0 Å². The van der Waals surface area contributed by atoms with Crippen molar-refractivity contribution in [3.05, 3.63) is 23.7 Å². The smallest absolute Gasteiger partial charge is 0.120 e. The van der Waals surface area contributed by atoms with E-state index in [4.69, 9.17) is 23.5 Å². The SMILES string of the molecule is [B]C([B])([B])n1nc2c(n1)-c1ccnc(C(C)C)c1N(C)C2. The Balaban J connectivity index is 2.22. The van der Waals surface area contributed by atoms with Crippen molar-refractivity contribution in [2.45, 2.75) is 31.5 Å². The zero-order chi connectivity index (χ0) is 15.4. The van der Waals surface area contributed by atoms with Crippen molar-refractivity contribution in [1.29, 1.82) is 0 Å². The number of hydrogen-bond donors (Lipinski definition) is 0. The fourth-order valence-electron chi connectivity index (χ4n) is 2.61. The minimum absolute atomic E-state index is 0.316. The molecule has 0 spiro atoms. The molecular formula is C13H14B3N5. The average Bonchev–Trinajstić information content (AvgIpc) is 2.82. The van der Waals surface area contributed by atoms with Crippen LogP contribution in [-0.2, 0) is 11.8 Å². The summed E-state index contributed by atoms with van der Waals surface area (Å²) in [5.41, 5.74) is 4.65. The van der Waals surface area contributed by atoms with Crippen molar-refractivity contribution in [3.8, 4) is 11.3 Å². The van der Waals surface area contributed by atoms with E-state index in [1.807, 2.05) is 13.1 Å². The molecule has 0 aliphatic carbocycles. The van der Waals surface area contributed by atoms with Gasteiger partial charge in [0.1, 0.15) is 11.4 Å². The lowest BCUT2D eigenvalue weighted by Gasteiger charge is -2.28. The monoisotopic (exact) mass is 273 g/mol. The Kier molecular flexibility index (Phi) is 3.15. The van der Waals surface area contributed by atoms with Gasteiger partial charge in [0, 0.05) is 18.8 Å². The first-order chi connectivity index (χ1) is 9.79. The molecule has 0 aromatic carbocycles. The Morgan fingerprint density at radius 3 is 2.57 bits per heavy atom. The van der Waals surface area contributed by atoms with Crippen LogP contribution in [0.3, 0.4) is 0 Å². The second-order valence-electron chi connectivity index (χ2n) is 5.78. The van der Waals surface area contributed by atoms with Gasteiger partial charge in [-0.1, -0.05) is 13.8 Å². The molecule has 8 heteroatoms. The molecule has 0 fully saturated rings. The van der Waals surface area contributed by atoms with Crippen LogP contribution in [0.25, 0.3) is 11.3 Å². The van der Waals surface area contributed by atoms with Crippen molar-refractivity contribution < 1.29 is 0 Å². The quantitative estimate of drug-likeness (QED) is 0.747. The summed E-state index contributed by atoms with van der Waals surface area (Å²) in [7, 11) is 19.0. The summed E-state index contributed by atoms with van der Waals surface area (Å²) < 4.78 is 0. The van der Waals surface area contributed by atoms with Gasteiger partial charge < -0.3 is 4.90 Å². The Morgan fingerprint density at radius 1 is 1.24 bits per heavy atom. The van der Waals surface area contributed by atoms with Crippen molar-refractivity contribution in [2.75, 3.05) is 11.9 Å². The lowest BCUT2D eigenvalue weighted by Crippen LogP contribution is -2.37. The number of nitrogens with zero attached hydrogens (tertiary/aromatic N) is 5. The average molecular weight is 273 g/mol. The van der Waals surface area contributed by atoms with Crippen molar-refractivity contribution in [2.24, 2.45) is 0 Å². The van der Waals surface area contributed by atoms with Gasteiger partial charge in [0.15, 0.2) is 0 Å². The van der Waals surface area contributed by atoms with E-state index in [9.17, 15) is 0 Å². The minimum Gasteiger partial charge on any atom is -0.366 e. The molecule has 0 unspecified atom stereocenters. The predicted octanol–water partition coefficient (Wildman–Crippen LogP) is 0.487. The summed E-state index contributed by atoms with van der Waals surface area (Å²) in [4.78, 5) is 7.78. The van der Waals surface area contributed by atoms with E-state index >= 15 is 0 Å². The molecule has 0 N–H and O–H groups in total. The largest absolute Gasteiger partial charge is 0.366 e. The zero-order valence-electron chi connectivity index (χ0n) is 12.4. The highest BCUT2D eigenvalue weighted by Gasteiger charge is 2.29.